The van der Waals surface area contributed by atoms with E-state index in [2.05, 4.69) is 102 Å². The first-order valence-corrected chi connectivity index (χ1v) is 14.2. The fourth-order valence-corrected chi connectivity index (χ4v) is 6.39. The van der Waals surface area contributed by atoms with Gasteiger partial charge in [0.05, 0.1) is 17.5 Å². The second kappa shape index (κ2) is 11.3. The standard InChI is InChI=1S/C35H40N2O2/c1-33(2,3)39-32(38)26-34(24-13-25-36-34)27-20-22-31(23-21-27)37-35(28-14-7-4-8-15-28,29-16-9-5-10-17-29)30-18-11-6-12-19-30/h4-19,24-25,27,31,37H,20-23,26H2,1-3H3. The molecular weight excluding hydrogens is 480 g/mol. The summed E-state index contributed by atoms with van der Waals surface area (Å²) < 4.78 is 5.69. The molecule has 0 amide bonds. The summed E-state index contributed by atoms with van der Waals surface area (Å²) in [5, 5.41) is 4.17. The topological polar surface area (TPSA) is 50.7 Å². The van der Waals surface area contributed by atoms with E-state index in [4.69, 9.17) is 9.73 Å². The number of carbonyl (C=O) groups excluding carboxylic acids is 1. The first-order valence-electron chi connectivity index (χ1n) is 14.2. The van der Waals surface area contributed by atoms with Crippen molar-refractivity contribution in [1.29, 1.82) is 0 Å². The molecule has 3 aromatic rings. The van der Waals surface area contributed by atoms with Gasteiger partial charge in [-0.2, -0.15) is 0 Å². The van der Waals surface area contributed by atoms with Gasteiger partial charge in [0.25, 0.3) is 0 Å². The molecule has 39 heavy (non-hydrogen) atoms. The summed E-state index contributed by atoms with van der Waals surface area (Å²) in [6.07, 6.45) is 10.3. The van der Waals surface area contributed by atoms with Gasteiger partial charge >= 0.3 is 5.97 Å². The SMILES string of the molecule is CC(C)(C)OC(=O)CC1(C2CCC(NC(c3ccccc3)(c3ccccc3)c3ccccc3)CC2)C=CC=N1. The Balaban J connectivity index is 1.41. The number of esters is 1. The van der Waals surface area contributed by atoms with E-state index in [0.29, 0.717) is 18.4 Å². The Kier molecular flexibility index (Phi) is 7.86. The second-order valence-electron chi connectivity index (χ2n) is 11.9. The first-order chi connectivity index (χ1) is 18.8. The number of aliphatic imine (C=N–C) groups is 1. The number of allylic oxidation sites excluding steroid dienone is 1. The monoisotopic (exact) mass is 520 g/mol. The third kappa shape index (κ3) is 5.91. The van der Waals surface area contributed by atoms with E-state index in [-0.39, 0.29) is 5.97 Å². The molecule has 4 nitrogen and oxygen atoms in total. The minimum atomic E-state index is -0.498. The van der Waals surface area contributed by atoms with Crippen LogP contribution in [0.3, 0.4) is 0 Å². The van der Waals surface area contributed by atoms with E-state index in [1.54, 1.807) is 0 Å². The zero-order valence-electron chi connectivity index (χ0n) is 23.3. The highest BCUT2D eigenvalue weighted by atomic mass is 16.6. The Bertz CT molecular complexity index is 1180. The van der Waals surface area contributed by atoms with Gasteiger partial charge in [-0.3, -0.25) is 15.1 Å². The maximum Gasteiger partial charge on any atom is 0.309 e. The lowest BCUT2D eigenvalue weighted by atomic mass is 9.71. The molecule has 1 unspecified atom stereocenters. The van der Waals surface area contributed by atoms with Gasteiger partial charge in [-0.25, -0.2) is 0 Å². The molecule has 1 aliphatic heterocycles. The average Bonchev–Trinajstić information content (AvgIpc) is 3.42. The van der Waals surface area contributed by atoms with Crippen molar-refractivity contribution in [1.82, 2.24) is 5.32 Å². The quantitative estimate of drug-likeness (QED) is 0.252. The van der Waals surface area contributed by atoms with Gasteiger partial charge in [0.1, 0.15) is 5.60 Å². The molecule has 2 aliphatic rings. The number of carbonyl (C=O) groups is 1. The molecule has 0 radical (unpaired) electrons. The lowest BCUT2D eigenvalue weighted by Gasteiger charge is -2.44. The third-order valence-corrected chi connectivity index (χ3v) is 8.11. The van der Waals surface area contributed by atoms with Crippen LogP contribution < -0.4 is 5.32 Å². The number of nitrogens with one attached hydrogen (secondary N) is 1. The summed E-state index contributed by atoms with van der Waals surface area (Å²) in [4.78, 5) is 17.7. The molecule has 3 aromatic carbocycles. The highest BCUT2D eigenvalue weighted by Crippen LogP contribution is 2.43. The molecule has 1 heterocycles. The maximum absolute atomic E-state index is 12.8. The molecule has 1 N–H and O–H groups in total. The Morgan fingerprint density at radius 1 is 0.821 bits per heavy atom. The minimum absolute atomic E-state index is 0.178. The maximum atomic E-state index is 12.8. The molecule has 1 aliphatic carbocycles. The van der Waals surface area contributed by atoms with E-state index in [1.165, 1.54) is 16.7 Å². The van der Waals surface area contributed by atoms with Gasteiger partial charge in [0, 0.05) is 12.3 Å². The minimum Gasteiger partial charge on any atom is -0.460 e. The van der Waals surface area contributed by atoms with Crippen LogP contribution in [0.1, 0.15) is 69.6 Å². The van der Waals surface area contributed by atoms with Crippen LogP contribution in [0.15, 0.2) is 108 Å². The van der Waals surface area contributed by atoms with Crippen LogP contribution in [0.2, 0.25) is 0 Å². The Labute approximate surface area is 233 Å². The average molecular weight is 521 g/mol. The van der Waals surface area contributed by atoms with Crippen molar-refractivity contribution >= 4 is 12.2 Å². The van der Waals surface area contributed by atoms with Crippen LogP contribution in [0.5, 0.6) is 0 Å². The zero-order valence-corrected chi connectivity index (χ0v) is 23.3. The van der Waals surface area contributed by atoms with E-state index in [1.807, 2.05) is 33.1 Å². The predicted octanol–water partition coefficient (Wildman–Crippen LogP) is 7.24. The number of rotatable bonds is 8. The van der Waals surface area contributed by atoms with Gasteiger partial charge < -0.3 is 4.74 Å². The molecule has 0 aromatic heterocycles. The number of benzene rings is 3. The zero-order chi connectivity index (χ0) is 27.3. The Hall–Kier alpha value is -3.50. The number of hydrogen-bond acceptors (Lipinski definition) is 4. The van der Waals surface area contributed by atoms with Crippen LogP contribution in [-0.2, 0) is 15.1 Å². The fraction of sp³-hybridized carbons (Fsp3) is 0.371. The summed E-state index contributed by atoms with van der Waals surface area (Å²) in [6, 6.07) is 32.7. The van der Waals surface area contributed by atoms with Gasteiger partial charge in [0.2, 0.25) is 0 Å². The van der Waals surface area contributed by atoms with E-state index in [0.717, 1.165) is 25.7 Å². The van der Waals surface area contributed by atoms with Crippen LogP contribution in [0.4, 0.5) is 0 Å². The molecule has 5 rings (SSSR count). The van der Waals surface area contributed by atoms with E-state index >= 15 is 0 Å². The largest absolute Gasteiger partial charge is 0.460 e. The molecule has 1 atom stereocenters. The van der Waals surface area contributed by atoms with Crippen molar-refractivity contribution in [2.75, 3.05) is 0 Å². The Morgan fingerprint density at radius 2 is 1.31 bits per heavy atom. The molecular formula is C35H40N2O2. The third-order valence-electron chi connectivity index (χ3n) is 8.11. The number of nitrogens with zero attached hydrogens (tertiary/aromatic N) is 1. The van der Waals surface area contributed by atoms with Crippen molar-refractivity contribution < 1.29 is 9.53 Å². The molecule has 0 saturated heterocycles. The summed E-state index contributed by atoms with van der Waals surface area (Å²) in [7, 11) is 0. The predicted molar refractivity (Wildman–Crippen MR) is 159 cm³/mol. The first kappa shape index (κ1) is 27.1. The van der Waals surface area contributed by atoms with Crippen molar-refractivity contribution in [3.8, 4) is 0 Å². The molecule has 0 bridgehead atoms. The lowest BCUT2D eigenvalue weighted by molar-refractivity contribution is -0.156. The lowest BCUT2D eigenvalue weighted by Crippen LogP contribution is -2.51. The van der Waals surface area contributed by atoms with Gasteiger partial charge in [-0.05, 0) is 75.1 Å². The van der Waals surface area contributed by atoms with Crippen LogP contribution in [0.25, 0.3) is 0 Å². The molecule has 0 spiro atoms. The highest BCUT2D eigenvalue weighted by molar-refractivity contribution is 5.79. The summed E-state index contributed by atoms with van der Waals surface area (Å²) >= 11 is 0. The second-order valence-corrected chi connectivity index (χ2v) is 11.9. The molecule has 202 valence electrons. The Morgan fingerprint density at radius 3 is 1.72 bits per heavy atom. The van der Waals surface area contributed by atoms with Crippen molar-refractivity contribution in [3.05, 3.63) is 120 Å². The summed E-state index contributed by atoms with van der Waals surface area (Å²) in [5.74, 6) is 0.125. The van der Waals surface area contributed by atoms with Crippen molar-refractivity contribution in [3.63, 3.8) is 0 Å². The molecule has 1 saturated carbocycles. The number of ether oxygens (including phenoxy) is 1. The van der Waals surface area contributed by atoms with Gasteiger partial charge in [0.15, 0.2) is 0 Å². The molecule has 4 heteroatoms. The van der Waals surface area contributed by atoms with E-state index in [9.17, 15) is 4.79 Å². The normalized spacial score (nSPS) is 23.1. The van der Waals surface area contributed by atoms with E-state index < -0.39 is 16.7 Å². The van der Waals surface area contributed by atoms with Gasteiger partial charge in [-0.1, -0.05) is 97.1 Å². The summed E-state index contributed by atoms with van der Waals surface area (Å²) in [5.41, 5.74) is 2.23. The van der Waals surface area contributed by atoms with Gasteiger partial charge in [-0.15, -0.1) is 0 Å². The smallest absolute Gasteiger partial charge is 0.309 e. The number of hydrogen-bond donors (Lipinski definition) is 1. The molecule has 1 fully saturated rings. The fourth-order valence-electron chi connectivity index (χ4n) is 6.39. The van der Waals surface area contributed by atoms with Crippen LogP contribution in [-0.4, -0.2) is 29.4 Å². The van der Waals surface area contributed by atoms with Crippen molar-refractivity contribution in [2.24, 2.45) is 10.9 Å². The highest BCUT2D eigenvalue weighted by Gasteiger charge is 2.44. The van der Waals surface area contributed by atoms with Crippen LogP contribution in [0, 0.1) is 5.92 Å². The van der Waals surface area contributed by atoms with Crippen molar-refractivity contribution in [2.45, 2.75) is 75.6 Å². The van der Waals surface area contributed by atoms with Crippen LogP contribution >= 0.6 is 0 Å². The summed E-state index contributed by atoms with van der Waals surface area (Å²) in [6.45, 7) is 5.75.